The zero-order chi connectivity index (χ0) is 12.0. The van der Waals surface area contributed by atoms with Crippen LogP contribution in [0, 0.1) is 0 Å². The second kappa shape index (κ2) is 7.77. The average Bonchev–Trinajstić information content (AvgIpc) is 2.29. The quantitative estimate of drug-likeness (QED) is 0.677. The number of hydrogen-bond donors (Lipinski definition) is 0. The molecule has 0 aromatic carbocycles. The van der Waals surface area contributed by atoms with E-state index in [1.807, 2.05) is 0 Å². The van der Waals surface area contributed by atoms with Gasteiger partial charge in [0, 0.05) is 0 Å². The molecule has 3 nitrogen and oxygen atoms in total. The molecular formula is C12H28GaN3. The number of likely N-dealkylation sites (N-methyl/N-ethyl adjacent to an activating group) is 2. The van der Waals surface area contributed by atoms with Crippen molar-refractivity contribution in [3.63, 3.8) is 0 Å². The van der Waals surface area contributed by atoms with Crippen LogP contribution in [-0.2, 0) is 0 Å². The summed E-state index contributed by atoms with van der Waals surface area (Å²) < 4.78 is 2.72. The summed E-state index contributed by atoms with van der Waals surface area (Å²) in [4.78, 5) is 6.63. The van der Waals surface area contributed by atoms with Gasteiger partial charge in [-0.1, -0.05) is 0 Å². The van der Waals surface area contributed by atoms with E-state index in [2.05, 4.69) is 41.3 Å². The second-order valence-corrected chi connectivity index (χ2v) is 11.6. The van der Waals surface area contributed by atoms with Gasteiger partial charge in [0.1, 0.15) is 0 Å². The molecule has 0 radical (unpaired) electrons. The van der Waals surface area contributed by atoms with Crippen molar-refractivity contribution < 1.29 is 0 Å². The topological polar surface area (TPSA) is 9.72 Å². The molecule has 16 heavy (non-hydrogen) atoms. The molecule has 1 rings (SSSR count). The van der Waals surface area contributed by atoms with Crippen molar-refractivity contribution in [3.05, 3.63) is 0 Å². The first-order valence-corrected chi connectivity index (χ1v) is 11.3. The average molecular weight is 284 g/mol. The second-order valence-electron chi connectivity index (χ2n) is 5.07. The van der Waals surface area contributed by atoms with Crippen LogP contribution in [0.3, 0.4) is 0 Å². The third-order valence-corrected chi connectivity index (χ3v) is 11.5. The Hall–Kier alpha value is 0.516. The standard InChI is InChI=1S/C7H16N.C5H12N2.Ga/c1-4-7-8(5-2)6-3;1-6-4-5-7(2)3;/h1,4-7H2,2-3H3;2,4-5H2,1,3H3;/q;-1;+1. The van der Waals surface area contributed by atoms with E-state index in [0.29, 0.717) is 0 Å². The molecule has 1 saturated heterocycles. The van der Waals surface area contributed by atoms with Gasteiger partial charge < -0.3 is 0 Å². The Kier molecular flexibility index (Phi) is 7.08. The van der Waals surface area contributed by atoms with Crippen molar-refractivity contribution in [1.82, 2.24) is 13.4 Å². The third kappa shape index (κ3) is 4.80. The van der Waals surface area contributed by atoms with Gasteiger partial charge in [-0.05, 0) is 0 Å². The Morgan fingerprint density at radius 1 is 1.12 bits per heavy atom. The Morgan fingerprint density at radius 3 is 2.44 bits per heavy atom. The molecule has 0 aromatic heterocycles. The minimum absolute atomic E-state index is 1.12. The van der Waals surface area contributed by atoms with Crippen LogP contribution in [0.4, 0.5) is 0 Å². The molecule has 4 heteroatoms. The summed E-state index contributed by atoms with van der Waals surface area (Å²) in [7, 11) is 4.64. The first-order chi connectivity index (χ1) is 7.67. The minimum atomic E-state index is -1.12. The van der Waals surface area contributed by atoms with Crippen molar-refractivity contribution in [2.24, 2.45) is 0 Å². The zero-order valence-electron chi connectivity index (χ0n) is 11.6. The molecule has 0 spiro atoms. The molecule has 1 aliphatic rings. The van der Waals surface area contributed by atoms with Gasteiger partial charge >= 0.3 is 107 Å². The maximum atomic E-state index is 2.72. The molecule has 0 bridgehead atoms. The van der Waals surface area contributed by atoms with E-state index in [1.165, 1.54) is 49.2 Å². The van der Waals surface area contributed by atoms with E-state index in [1.54, 1.807) is 0 Å². The fourth-order valence-electron chi connectivity index (χ4n) is 2.50. The van der Waals surface area contributed by atoms with Crippen LogP contribution in [0.2, 0.25) is 4.98 Å². The summed E-state index contributed by atoms with van der Waals surface area (Å²) in [6, 6.07) is 0. The predicted octanol–water partition coefficient (Wildman–Crippen LogP) is 1.13. The van der Waals surface area contributed by atoms with Gasteiger partial charge in [-0.3, -0.25) is 0 Å². The first kappa shape index (κ1) is 14.6. The Morgan fingerprint density at radius 2 is 1.81 bits per heavy atom. The van der Waals surface area contributed by atoms with Crippen LogP contribution >= 0.6 is 0 Å². The van der Waals surface area contributed by atoms with Crippen LogP contribution in [0.15, 0.2) is 0 Å². The van der Waals surface area contributed by atoms with Crippen molar-refractivity contribution in [2.45, 2.75) is 25.2 Å². The predicted molar refractivity (Wildman–Crippen MR) is 73.1 cm³/mol. The third-order valence-electron chi connectivity index (χ3n) is 3.89. The summed E-state index contributed by atoms with van der Waals surface area (Å²) in [6.45, 7) is 10.9. The van der Waals surface area contributed by atoms with Crippen LogP contribution in [0.25, 0.3) is 0 Å². The van der Waals surface area contributed by atoms with Gasteiger partial charge in [-0.2, -0.15) is 0 Å². The van der Waals surface area contributed by atoms with Gasteiger partial charge in [0.05, 0.1) is 0 Å². The van der Waals surface area contributed by atoms with E-state index in [9.17, 15) is 0 Å². The first-order valence-electron chi connectivity index (χ1n) is 6.78. The van der Waals surface area contributed by atoms with Crippen molar-refractivity contribution in [1.29, 1.82) is 0 Å². The van der Waals surface area contributed by atoms with E-state index < -0.39 is 16.5 Å². The number of nitrogens with zero attached hydrogens (tertiary/aromatic N) is 3. The molecule has 0 amide bonds. The number of hydrogen-bond acceptors (Lipinski definition) is 3. The number of rotatable bonds is 6. The Labute approximate surface area is 107 Å². The van der Waals surface area contributed by atoms with Gasteiger partial charge in [-0.25, -0.2) is 0 Å². The van der Waals surface area contributed by atoms with Gasteiger partial charge in [0.25, 0.3) is 0 Å². The van der Waals surface area contributed by atoms with Crippen molar-refractivity contribution in [3.8, 4) is 0 Å². The van der Waals surface area contributed by atoms with Crippen LogP contribution in [0.5, 0.6) is 0 Å². The SMILES string of the molecule is CCN(CC)CC[CH2][Ga]1[CH2]N(C)CC[N]1C. The molecule has 1 heterocycles. The van der Waals surface area contributed by atoms with E-state index >= 15 is 0 Å². The molecule has 0 atom stereocenters. The summed E-state index contributed by atoms with van der Waals surface area (Å²) in [5, 5.41) is 1.43. The van der Waals surface area contributed by atoms with Crippen LogP contribution in [0.1, 0.15) is 20.3 Å². The fourth-order valence-corrected chi connectivity index (χ4v) is 8.67. The van der Waals surface area contributed by atoms with Gasteiger partial charge in [0.2, 0.25) is 0 Å². The summed E-state index contributed by atoms with van der Waals surface area (Å²) in [5.41, 5.74) is 0. The molecule has 0 N–H and O–H groups in total. The fraction of sp³-hybridized carbons (Fsp3) is 1.00. The summed E-state index contributed by atoms with van der Waals surface area (Å²) >= 11 is -1.12. The molecule has 1 fully saturated rings. The zero-order valence-corrected chi connectivity index (χ0v) is 14.0. The monoisotopic (exact) mass is 283 g/mol. The van der Waals surface area contributed by atoms with E-state index in [4.69, 9.17) is 0 Å². The molecular weight excluding hydrogens is 256 g/mol. The summed E-state index contributed by atoms with van der Waals surface area (Å²) in [5.74, 6) is 0. The molecule has 0 aliphatic carbocycles. The van der Waals surface area contributed by atoms with Crippen molar-refractivity contribution in [2.75, 3.05) is 51.9 Å². The molecule has 0 saturated carbocycles. The normalized spacial score (nSPS) is 19.7. The Balaban J connectivity index is 2.20. The molecule has 94 valence electrons. The van der Waals surface area contributed by atoms with Gasteiger partial charge in [-0.15, -0.1) is 0 Å². The molecule has 0 unspecified atom stereocenters. The van der Waals surface area contributed by atoms with Crippen LogP contribution in [-0.4, -0.2) is 81.8 Å². The molecule has 1 aliphatic heterocycles. The van der Waals surface area contributed by atoms with Crippen LogP contribution < -0.4 is 0 Å². The summed E-state index contributed by atoms with van der Waals surface area (Å²) in [6.07, 6.45) is 1.42. The van der Waals surface area contributed by atoms with E-state index in [-0.39, 0.29) is 0 Å². The van der Waals surface area contributed by atoms with Gasteiger partial charge in [0.15, 0.2) is 0 Å². The maximum absolute atomic E-state index is 2.72. The Bertz CT molecular complexity index is 185. The van der Waals surface area contributed by atoms with Crippen molar-refractivity contribution >= 4 is 16.5 Å². The molecule has 0 aromatic rings. The van der Waals surface area contributed by atoms with E-state index in [0.717, 1.165) is 0 Å².